The van der Waals surface area contributed by atoms with E-state index < -0.39 is 11.6 Å². The Hall–Kier alpha value is -3.33. The summed E-state index contributed by atoms with van der Waals surface area (Å²) in [6, 6.07) is 14.6. The van der Waals surface area contributed by atoms with Crippen molar-refractivity contribution in [3.8, 4) is 17.5 Å². The third-order valence-corrected chi connectivity index (χ3v) is 3.53. The fourth-order valence-corrected chi connectivity index (χ4v) is 2.32. The van der Waals surface area contributed by atoms with Crippen molar-refractivity contribution in [1.29, 1.82) is 5.26 Å². The first-order valence-electron chi connectivity index (χ1n) is 7.12. The van der Waals surface area contributed by atoms with Crippen molar-refractivity contribution in [3.63, 3.8) is 0 Å². The van der Waals surface area contributed by atoms with E-state index in [0.717, 1.165) is 17.7 Å². The van der Waals surface area contributed by atoms with E-state index in [1.165, 1.54) is 12.1 Å². The monoisotopic (exact) mass is 322 g/mol. The lowest BCUT2D eigenvalue weighted by Gasteiger charge is -2.04. The first kappa shape index (κ1) is 15.6. The molecule has 3 rings (SSSR count). The zero-order valence-electron chi connectivity index (χ0n) is 12.7. The van der Waals surface area contributed by atoms with E-state index in [4.69, 9.17) is 0 Å². The number of benzene rings is 2. The molecule has 0 aliphatic carbocycles. The van der Waals surface area contributed by atoms with Gasteiger partial charge in [-0.2, -0.15) is 5.26 Å². The van der Waals surface area contributed by atoms with Crippen molar-refractivity contribution in [3.05, 3.63) is 71.6 Å². The molecule has 0 saturated heterocycles. The van der Waals surface area contributed by atoms with Crippen LogP contribution in [0.2, 0.25) is 0 Å². The lowest BCUT2D eigenvalue weighted by atomic mass is 10.1. The van der Waals surface area contributed by atoms with E-state index in [1.807, 2.05) is 36.4 Å². The number of nitrogens with zero attached hydrogens (tertiary/aromatic N) is 4. The highest BCUT2D eigenvalue weighted by Crippen LogP contribution is 2.22. The SMILES string of the molecule is Cn1c(/C(C#N)=C\c2ccc(F)cc2F)nnc1-c1ccccc1. The topological polar surface area (TPSA) is 54.5 Å². The number of rotatable bonds is 3. The standard InChI is InChI=1S/C18H12F2N4/c1-24-17(12-5-3-2-4-6-12)22-23-18(24)14(11-21)9-13-7-8-15(19)10-16(13)20/h2-10H,1H3/b14-9-. The van der Waals surface area contributed by atoms with Crippen LogP contribution in [0.3, 0.4) is 0 Å². The van der Waals surface area contributed by atoms with E-state index in [2.05, 4.69) is 10.2 Å². The molecule has 0 bridgehead atoms. The molecule has 0 unspecified atom stereocenters. The fourth-order valence-electron chi connectivity index (χ4n) is 2.32. The first-order chi connectivity index (χ1) is 11.6. The minimum Gasteiger partial charge on any atom is -0.310 e. The second-order valence-corrected chi connectivity index (χ2v) is 5.11. The summed E-state index contributed by atoms with van der Waals surface area (Å²) in [6.07, 6.45) is 1.33. The Morgan fingerprint density at radius 3 is 2.54 bits per heavy atom. The molecule has 0 aliphatic rings. The van der Waals surface area contributed by atoms with Crippen LogP contribution in [0.25, 0.3) is 23.0 Å². The van der Waals surface area contributed by atoms with Gasteiger partial charge in [-0.25, -0.2) is 8.78 Å². The van der Waals surface area contributed by atoms with Gasteiger partial charge < -0.3 is 4.57 Å². The summed E-state index contributed by atoms with van der Waals surface area (Å²) in [6.45, 7) is 0. The highest BCUT2D eigenvalue weighted by atomic mass is 19.1. The maximum atomic E-state index is 13.8. The third kappa shape index (κ3) is 2.92. The number of hydrogen-bond donors (Lipinski definition) is 0. The average molecular weight is 322 g/mol. The summed E-state index contributed by atoms with van der Waals surface area (Å²) < 4.78 is 28.4. The molecule has 2 aromatic carbocycles. The predicted octanol–water partition coefficient (Wildman–Crippen LogP) is 3.82. The summed E-state index contributed by atoms with van der Waals surface area (Å²) in [4.78, 5) is 0. The van der Waals surface area contributed by atoms with Gasteiger partial charge in [0.25, 0.3) is 0 Å². The minimum absolute atomic E-state index is 0.109. The van der Waals surface area contributed by atoms with Crippen LogP contribution in [0.5, 0.6) is 0 Å². The van der Waals surface area contributed by atoms with Gasteiger partial charge >= 0.3 is 0 Å². The summed E-state index contributed by atoms with van der Waals surface area (Å²) in [5.41, 5.74) is 1.10. The molecule has 1 heterocycles. The van der Waals surface area contributed by atoms with Crippen LogP contribution in [0.4, 0.5) is 8.78 Å². The zero-order valence-corrected chi connectivity index (χ0v) is 12.7. The van der Waals surface area contributed by atoms with E-state index in [0.29, 0.717) is 11.6 Å². The molecule has 3 aromatic rings. The Labute approximate surface area is 137 Å². The summed E-state index contributed by atoms with van der Waals surface area (Å²) >= 11 is 0. The van der Waals surface area contributed by atoms with Crippen molar-refractivity contribution in [2.45, 2.75) is 0 Å². The van der Waals surface area contributed by atoms with Gasteiger partial charge in [0.2, 0.25) is 0 Å². The maximum Gasteiger partial charge on any atom is 0.174 e. The van der Waals surface area contributed by atoms with E-state index >= 15 is 0 Å². The number of halogens is 2. The number of hydrogen-bond acceptors (Lipinski definition) is 3. The highest BCUT2D eigenvalue weighted by molar-refractivity contribution is 5.87. The Morgan fingerprint density at radius 2 is 1.88 bits per heavy atom. The molecule has 0 spiro atoms. The summed E-state index contributed by atoms with van der Waals surface area (Å²) in [5, 5.41) is 17.5. The molecule has 1 aromatic heterocycles. The van der Waals surface area contributed by atoms with Gasteiger partial charge in [0.1, 0.15) is 17.7 Å². The third-order valence-electron chi connectivity index (χ3n) is 3.53. The molecule has 0 saturated carbocycles. The van der Waals surface area contributed by atoms with Crippen molar-refractivity contribution in [1.82, 2.24) is 14.8 Å². The quantitative estimate of drug-likeness (QED) is 0.689. The Morgan fingerprint density at radius 1 is 1.12 bits per heavy atom. The molecule has 0 atom stereocenters. The van der Waals surface area contributed by atoms with Crippen molar-refractivity contribution in [2.75, 3.05) is 0 Å². The highest BCUT2D eigenvalue weighted by Gasteiger charge is 2.15. The molecule has 0 radical (unpaired) electrons. The molecule has 24 heavy (non-hydrogen) atoms. The Bertz CT molecular complexity index is 953. The fraction of sp³-hybridized carbons (Fsp3) is 0.0556. The second-order valence-electron chi connectivity index (χ2n) is 5.11. The van der Waals surface area contributed by atoms with Gasteiger partial charge in [0, 0.05) is 24.2 Å². The summed E-state index contributed by atoms with van der Waals surface area (Å²) in [7, 11) is 1.73. The van der Waals surface area contributed by atoms with Gasteiger partial charge in [-0.15, -0.1) is 10.2 Å². The molecular formula is C18H12F2N4. The van der Waals surface area contributed by atoms with Gasteiger partial charge in [-0.3, -0.25) is 0 Å². The average Bonchev–Trinajstić information content (AvgIpc) is 2.97. The van der Waals surface area contributed by atoms with Crippen LogP contribution in [-0.2, 0) is 7.05 Å². The van der Waals surface area contributed by atoms with Crippen LogP contribution in [-0.4, -0.2) is 14.8 Å². The molecule has 0 N–H and O–H groups in total. The van der Waals surface area contributed by atoms with Crippen LogP contribution >= 0.6 is 0 Å². The molecular weight excluding hydrogens is 310 g/mol. The molecule has 0 amide bonds. The van der Waals surface area contributed by atoms with Crippen LogP contribution in [0.1, 0.15) is 11.4 Å². The number of aromatic nitrogens is 3. The van der Waals surface area contributed by atoms with Gasteiger partial charge in [0.15, 0.2) is 11.6 Å². The summed E-state index contributed by atoms with van der Waals surface area (Å²) in [5.74, 6) is -0.521. The van der Waals surface area contributed by atoms with E-state index in [1.54, 1.807) is 11.6 Å². The molecule has 0 fully saturated rings. The van der Waals surface area contributed by atoms with Crippen molar-refractivity contribution in [2.24, 2.45) is 7.05 Å². The van der Waals surface area contributed by atoms with Crippen LogP contribution in [0.15, 0.2) is 48.5 Å². The molecule has 118 valence electrons. The Balaban J connectivity index is 2.05. The van der Waals surface area contributed by atoms with E-state index in [9.17, 15) is 14.0 Å². The number of nitriles is 1. The molecule has 4 nitrogen and oxygen atoms in total. The van der Waals surface area contributed by atoms with Crippen molar-refractivity contribution >= 4 is 11.6 Å². The second kappa shape index (κ2) is 6.42. The largest absolute Gasteiger partial charge is 0.310 e. The smallest absolute Gasteiger partial charge is 0.174 e. The Kier molecular flexibility index (Phi) is 4.17. The first-order valence-corrected chi connectivity index (χ1v) is 7.12. The van der Waals surface area contributed by atoms with Crippen LogP contribution in [0, 0.1) is 23.0 Å². The van der Waals surface area contributed by atoms with Gasteiger partial charge in [-0.05, 0) is 18.2 Å². The number of allylic oxidation sites excluding steroid dienone is 1. The van der Waals surface area contributed by atoms with Crippen molar-refractivity contribution < 1.29 is 8.78 Å². The van der Waals surface area contributed by atoms with Crippen LogP contribution < -0.4 is 0 Å². The van der Waals surface area contributed by atoms with Gasteiger partial charge in [0.05, 0.1) is 5.57 Å². The minimum atomic E-state index is -0.742. The normalized spacial score (nSPS) is 11.3. The molecule has 0 aliphatic heterocycles. The predicted molar refractivity (Wildman–Crippen MR) is 86.3 cm³/mol. The lowest BCUT2D eigenvalue weighted by molar-refractivity contribution is 0.581. The molecule has 6 heteroatoms. The maximum absolute atomic E-state index is 13.8. The zero-order chi connectivity index (χ0) is 17.1. The van der Waals surface area contributed by atoms with E-state index in [-0.39, 0.29) is 11.1 Å². The lowest BCUT2D eigenvalue weighted by Crippen LogP contribution is -1.99. The van der Waals surface area contributed by atoms with Gasteiger partial charge in [-0.1, -0.05) is 30.3 Å².